The highest BCUT2D eigenvalue weighted by atomic mass is 79.9. The van der Waals surface area contributed by atoms with Crippen LogP contribution in [0, 0.1) is 5.92 Å². The third-order valence-corrected chi connectivity index (χ3v) is 3.36. The van der Waals surface area contributed by atoms with Crippen LogP contribution in [0.25, 0.3) is 0 Å². The number of amides is 1. The number of carboxylic acid groups (broad SMARTS) is 1. The molecule has 0 spiro atoms. The summed E-state index contributed by atoms with van der Waals surface area (Å²) in [6.45, 7) is 3.65. The van der Waals surface area contributed by atoms with Gasteiger partial charge in [0.25, 0.3) is 5.91 Å². The number of benzene rings is 1. The first-order valence-corrected chi connectivity index (χ1v) is 7.54. The van der Waals surface area contributed by atoms with E-state index in [0.29, 0.717) is 21.8 Å². The zero-order valence-corrected chi connectivity index (χ0v) is 14.1. The molecule has 0 aromatic heterocycles. The molecule has 0 aliphatic heterocycles. The number of hydrogen-bond donors (Lipinski definition) is 1. The molecule has 0 aliphatic carbocycles. The molecule has 0 saturated carbocycles. The van der Waals surface area contributed by atoms with Crippen LogP contribution in [0.15, 0.2) is 22.7 Å². The lowest BCUT2D eigenvalue weighted by Gasteiger charge is -2.22. The van der Waals surface area contributed by atoms with E-state index in [1.54, 1.807) is 18.2 Å². The Morgan fingerprint density at radius 1 is 1.43 bits per heavy atom. The summed E-state index contributed by atoms with van der Waals surface area (Å²) in [4.78, 5) is 24.1. The number of hydrogen-bond acceptors (Lipinski definition) is 3. The summed E-state index contributed by atoms with van der Waals surface area (Å²) in [5.74, 6) is -0.757. The molecule has 116 valence electrons. The van der Waals surface area contributed by atoms with Crippen LogP contribution in [0.5, 0.6) is 5.75 Å². The molecular formula is C14H17BrClNO4. The summed E-state index contributed by atoms with van der Waals surface area (Å²) in [5.41, 5.74) is 0. The fourth-order valence-corrected chi connectivity index (χ4v) is 2.48. The van der Waals surface area contributed by atoms with Crippen LogP contribution in [-0.2, 0) is 9.59 Å². The third-order valence-electron chi connectivity index (χ3n) is 2.51. The lowest BCUT2D eigenvalue weighted by molar-refractivity contribution is -0.145. The predicted molar refractivity (Wildman–Crippen MR) is 83.7 cm³/mol. The molecule has 0 heterocycles. The van der Waals surface area contributed by atoms with Crippen molar-refractivity contribution < 1.29 is 19.4 Å². The van der Waals surface area contributed by atoms with Gasteiger partial charge in [0.2, 0.25) is 0 Å². The molecule has 0 unspecified atom stereocenters. The minimum Gasteiger partial charge on any atom is -0.483 e. The maximum atomic E-state index is 12.1. The van der Waals surface area contributed by atoms with Gasteiger partial charge in [0.15, 0.2) is 6.61 Å². The van der Waals surface area contributed by atoms with E-state index in [1.165, 1.54) is 4.90 Å². The molecule has 0 atom stereocenters. The van der Waals surface area contributed by atoms with Crippen LogP contribution < -0.4 is 4.74 Å². The molecule has 0 saturated heterocycles. The van der Waals surface area contributed by atoms with Gasteiger partial charge in [-0.1, -0.05) is 25.4 Å². The highest BCUT2D eigenvalue weighted by Gasteiger charge is 2.18. The normalized spacial score (nSPS) is 10.5. The summed E-state index contributed by atoms with van der Waals surface area (Å²) in [6, 6.07) is 4.95. The monoisotopic (exact) mass is 377 g/mol. The van der Waals surface area contributed by atoms with Crippen molar-refractivity contribution in [3.05, 3.63) is 27.7 Å². The molecule has 21 heavy (non-hydrogen) atoms. The van der Waals surface area contributed by atoms with Gasteiger partial charge in [-0.3, -0.25) is 9.59 Å². The van der Waals surface area contributed by atoms with E-state index in [2.05, 4.69) is 15.9 Å². The van der Waals surface area contributed by atoms with Crippen LogP contribution in [-0.4, -0.2) is 41.6 Å². The topological polar surface area (TPSA) is 66.8 Å². The van der Waals surface area contributed by atoms with Crippen molar-refractivity contribution >= 4 is 39.4 Å². The average molecular weight is 379 g/mol. The van der Waals surface area contributed by atoms with Crippen molar-refractivity contribution in [3.8, 4) is 5.75 Å². The van der Waals surface area contributed by atoms with E-state index < -0.39 is 5.97 Å². The van der Waals surface area contributed by atoms with Gasteiger partial charge in [0.05, 0.1) is 4.47 Å². The number of nitrogens with zero attached hydrogens (tertiary/aromatic N) is 1. The second-order valence-corrected chi connectivity index (χ2v) is 6.22. The molecule has 1 rings (SSSR count). The first-order chi connectivity index (χ1) is 9.79. The highest BCUT2D eigenvalue weighted by molar-refractivity contribution is 9.10. The smallest absolute Gasteiger partial charge is 0.323 e. The molecule has 1 aromatic carbocycles. The van der Waals surface area contributed by atoms with Gasteiger partial charge in [0, 0.05) is 11.6 Å². The molecule has 1 aromatic rings. The lowest BCUT2D eigenvalue weighted by Crippen LogP contribution is -2.40. The minimum atomic E-state index is -1.04. The Balaban J connectivity index is 2.66. The van der Waals surface area contributed by atoms with E-state index in [-0.39, 0.29) is 25.0 Å². The lowest BCUT2D eigenvalue weighted by atomic mass is 10.2. The minimum absolute atomic E-state index is 0.176. The number of carbonyl (C=O) groups excluding carboxylic acids is 1. The molecule has 0 aliphatic rings. The van der Waals surface area contributed by atoms with Gasteiger partial charge in [-0.15, -0.1) is 0 Å². The average Bonchev–Trinajstić information content (AvgIpc) is 2.35. The van der Waals surface area contributed by atoms with Gasteiger partial charge < -0.3 is 14.7 Å². The molecule has 1 N–H and O–H groups in total. The standard InChI is InChI=1S/C14H17BrClNO4/c1-9(2)6-17(7-14(19)20)13(18)8-21-12-4-3-10(16)5-11(12)15/h3-5,9H,6-8H2,1-2H3,(H,19,20). The van der Waals surface area contributed by atoms with E-state index in [4.69, 9.17) is 21.4 Å². The Bertz CT molecular complexity index is 522. The number of carbonyl (C=O) groups is 2. The fraction of sp³-hybridized carbons (Fsp3) is 0.429. The molecule has 1 amide bonds. The molecule has 0 radical (unpaired) electrons. The summed E-state index contributed by atoms with van der Waals surface area (Å²) < 4.78 is 6.04. The van der Waals surface area contributed by atoms with E-state index >= 15 is 0 Å². The van der Waals surface area contributed by atoms with E-state index in [0.717, 1.165) is 0 Å². The van der Waals surface area contributed by atoms with E-state index in [1.807, 2.05) is 13.8 Å². The van der Waals surface area contributed by atoms with Crippen molar-refractivity contribution in [3.63, 3.8) is 0 Å². The van der Waals surface area contributed by atoms with Crippen LogP contribution >= 0.6 is 27.5 Å². The van der Waals surface area contributed by atoms with Crippen molar-refractivity contribution in [1.82, 2.24) is 4.90 Å². The number of carboxylic acids is 1. The first-order valence-electron chi connectivity index (χ1n) is 6.37. The molecular weight excluding hydrogens is 362 g/mol. The van der Waals surface area contributed by atoms with E-state index in [9.17, 15) is 9.59 Å². The first kappa shape index (κ1) is 17.8. The Morgan fingerprint density at radius 3 is 2.62 bits per heavy atom. The summed E-state index contributed by atoms with van der Waals surface area (Å²) in [5, 5.41) is 9.40. The van der Waals surface area contributed by atoms with Gasteiger partial charge in [0.1, 0.15) is 12.3 Å². The van der Waals surface area contributed by atoms with Gasteiger partial charge in [-0.25, -0.2) is 0 Å². The summed E-state index contributed by atoms with van der Waals surface area (Å²) in [6.07, 6.45) is 0. The van der Waals surface area contributed by atoms with Crippen molar-refractivity contribution in [1.29, 1.82) is 0 Å². The van der Waals surface area contributed by atoms with Gasteiger partial charge >= 0.3 is 5.97 Å². The third kappa shape index (κ3) is 6.35. The second kappa shape index (κ2) is 8.24. The molecule has 5 nitrogen and oxygen atoms in total. The molecule has 0 fully saturated rings. The van der Waals surface area contributed by atoms with Crippen molar-refractivity contribution in [2.45, 2.75) is 13.8 Å². The van der Waals surface area contributed by atoms with Gasteiger partial charge in [-0.2, -0.15) is 0 Å². The van der Waals surface area contributed by atoms with Crippen LogP contribution in [0.3, 0.4) is 0 Å². The summed E-state index contributed by atoms with van der Waals surface area (Å²) >= 11 is 9.11. The van der Waals surface area contributed by atoms with Crippen molar-refractivity contribution in [2.24, 2.45) is 5.92 Å². The van der Waals surface area contributed by atoms with Crippen LogP contribution in [0.2, 0.25) is 5.02 Å². The van der Waals surface area contributed by atoms with Gasteiger partial charge in [-0.05, 0) is 40.0 Å². The maximum absolute atomic E-state index is 12.1. The van der Waals surface area contributed by atoms with Crippen LogP contribution in [0.4, 0.5) is 0 Å². The summed E-state index contributed by atoms with van der Waals surface area (Å²) in [7, 11) is 0. The van der Waals surface area contributed by atoms with Crippen LogP contribution in [0.1, 0.15) is 13.8 Å². The zero-order valence-electron chi connectivity index (χ0n) is 11.8. The number of ether oxygens (including phenoxy) is 1. The SMILES string of the molecule is CC(C)CN(CC(=O)O)C(=O)COc1ccc(Cl)cc1Br. The Morgan fingerprint density at radius 2 is 2.10 bits per heavy atom. The molecule has 7 heteroatoms. The second-order valence-electron chi connectivity index (χ2n) is 4.93. The Labute approximate surface area is 137 Å². The number of rotatable bonds is 7. The highest BCUT2D eigenvalue weighted by Crippen LogP contribution is 2.27. The van der Waals surface area contributed by atoms with Crippen molar-refractivity contribution in [2.75, 3.05) is 19.7 Å². The molecule has 0 bridgehead atoms. The Kier molecular flexibility index (Phi) is 6.98. The maximum Gasteiger partial charge on any atom is 0.323 e. The Hall–Kier alpha value is -1.27. The predicted octanol–water partition coefficient (Wildman–Crippen LogP) is 3.05. The number of halogens is 2. The fourth-order valence-electron chi connectivity index (χ4n) is 1.68. The quantitative estimate of drug-likeness (QED) is 0.792. The zero-order chi connectivity index (χ0) is 16.0. The number of aliphatic carboxylic acids is 1. The largest absolute Gasteiger partial charge is 0.483 e.